The molecule has 0 radical (unpaired) electrons. The Labute approximate surface area is 102 Å². The molecular weight excluding hydrogens is 220 g/mol. The zero-order valence-corrected chi connectivity index (χ0v) is 10.9. The van der Waals surface area contributed by atoms with Crippen LogP contribution >= 0.6 is 0 Å². The van der Waals surface area contributed by atoms with Crippen molar-refractivity contribution in [3.05, 3.63) is 0 Å². The molecule has 2 fully saturated rings. The average molecular weight is 242 g/mol. The predicted octanol–water partition coefficient (Wildman–Crippen LogP) is 2.47. The molecule has 0 bridgehead atoms. The summed E-state index contributed by atoms with van der Waals surface area (Å²) in [6, 6.07) is 0. The van der Waals surface area contributed by atoms with Gasteiger partial charge in [0.15, 0.2) is 0 Å². The minimum Gasteiger partial charge on any atom is -0.481 e. The van der Waals surface area contributed by atoms with E-state index in [1.54, 1.807) is 0 Å². The van der Waals surface area contributed by atoms with Crippen LogP contribution in [0.2, 0.25) is 0 Å². The van der Waals surface area contributed by atoms with Gasteiger partial charge in [-0.25, -0.2) is 0 Å². The molecule has 98 valence electrons. The van der Waals surface area contributed by atoms with Gasteiger partial charge in [-0.1, -0.05) is 13.8 Å². The zero-order chi connectivity index (χ0) is 13.1. The lowest BCUT2D eigenvalue weighted by molar-refractivity contribution is -0.164. The van der Waals surface area contributed by atoms with Crippen LogP contribution in [0.5, 0.6) is 0 Å². The zero-order valence-electron chi connectivity index (χ0n) is 10.9. The van der Waals surface area contributed by atoms with Crippen molar-refractivity contribution < 1.29 is 19.4 Å². The van der Waals surface area contributed by atoms with Crippen LogP contribution in [0.15, 0.2) is 0 Å². The van der Waals surface area contributed by atoms with Crippen LogP contribution in [-0.2, 0) is 14.3 Å². The van der Waals surface area contributed by atoms with Crippen molar-refractivity contribution >= 4 is 11.9 Å². The highest BCUT2D eigenvalue weighted by molar-refractivity contribution is 5.73. The maximum atomic E-state index is 11.2. The summed E-state index contributed by atoms with van der Waals surface area (Å²) in [6.45, 7) is 4.00. The fourth-order valence-electron chi connectivity index (χ4n) is 3.21. The molecule has 1 spiro atoms. The number of carboxylic acids is 1. The van der Waals surface area contributed by atoms with Crippen molar-refractivity contribution in [3.63, 3.8) is 0 Å². The quantitative estimate of drug-likeness (QED) is 0.772. The average Bonchev–Trinajstić information content (AvgIpc) is 2.21. The molecule has 0 saturated heterocycles. The maximum Gasteiger partial charge on any atom is 0.308 e. The third kappa shape index (κ3) is 2.99. The molecule has 2 aliphatic carbocycles. The normalized spacial score (nSPS) is 33.8. The van der Waals surface area contributed by atoms with Crippen LogP contribution in [0.4, 0.5) is 0 Å². The molecule has 1 N–H and O–H groups in total. The minimum absolute atomic E-state index is 0.0702. The molecule has 0 aromatic carbocycles. The van der Waals surface area contributed by atoms with Crippen LogP contribution in [0.1, 0.15) is 46.0 Å². The van der Waals surface area contributed by atoms with Crippen molar-refractivity contribution in [2.24, 2.45) is 17.3 Å². The Hall–Kier alpha value is -1.06. The van der Waals surface area contributed by atoms with Gasteiger partial charge < -0.3 is 9.84 Å². The number of carboxylic acid groups (broad SMARTS) is 1. The molecule has 0 aromatic rings. The lowest BCUT2D eigenvalue weighted by Gasteiger charge is -2.56. The lowest BCUT2D eigenvalue weighted by atomic mass is 9.48. The van der Waals surface area contributed by atoms with Crippen LogP contribution in [-0.4, -0.2) is 24.2 Å². The number of hydrogen-bond donors (Lipinski definition) is 1. The molecule has 4 heteroatoms. The van der Waals surface area contributed by atoms with E-state index >= 15 is 0 Å². The molecule has 0 amide bonds. The summed E-state index contributed by atoms with van der Waals surface area (Å²) in [4.78, 5) is 21.6. The van der Waals surface area contributed by atoms with E-state index in [2.05, 4.69) is 4.74 Å². The van der Waals surface area contributed by atoms with Crippen molar-refractivity contribution in [1.29, 1.82) is 0 Å². The fraction of sp³-hybridized carbons (Fsp3) is 0.846. The Morgan fingerprint density at radius 2 is 1.76 bits per heavy atom. The van der Waals surface area contributed by atoms with Crippen LogP contribution < -0.4 is 0 Å². The SMILES string of the molecule is CC.COC(=O)C1CC2(CC(CC(=O)O)C2)C1. The first-order valence-electron chi connectivity index (χ1n) is 6.34. The molecule has 2 aliphatic rings. The first kappa shape index (κ1) is 14.0. The standard InChI is InChI=1S/C11H16O4.C2H6/c1-15-10(14)8-5-11(6-8)3-7(4-11)2-9(12)13;1-2/h7-8H,2-6H2,1H3,(H,12,13);1-2H3. The van der Waals surface area contributed by atoms with E-state index in [1.807, 2.05) is 13.8 Å². The number of ether oxygens (including phenoxy) is 1. The van der Waals surface area contributed by atoms with Crippen molar-refractivity contribution in [2.45, 2.75) is 46.0 Å². The highest BCUT2D eigenvalue weighted by atomic mass is 16.5. The predicted molar refractivity (Wildman–Crippen MR) is 63.5 cm³/mol. The minimum atomic E-state index is -0.710. The Morgan fingerprint density at radius 1 is 1.24 bits per heavy atom. The fourth-order valence-corrected chi connectivity index (χ4v) is 3.21. The van der Waals surface area contributed by atoms with Gasteiger partial charge in [-0.05, 0) is 37.0 Å². The largest absolute Gasteiger partial charge is 0.481 e. The smallest absolute Gasteiger partial charge is 0.308 e. The summed E-state index contributed by atoms with van der Waals surface area (Å²) in [7, 11) is 1.42. The first-order chi connectivity index (χ1) is 8.04. The molecule has 0 atom stereocenters. The summed E-state index contributed by atoms with van der Waals surface area (Å²) in [6.07, 6.45) is 4.04. The van der Waals surface area contributed by atoms with Gasteiger partial charge in [-0.15, -0.1) is 0 Å². The van der Waals surface area contributed by atoms with E-state index in [0.29, 0.717) is 11.3 Å². The molecule has 0 unspecified atom stereocenters. The molecule has 2 rings (SSSR count). The second kappa shape index (κ2) is 5.52. The lowest BCUT2D eigenvalue weighted by Crippen LogP contribution is -2.50. The number of carbonyl (C=O) groups excluding carboxylic acids is 1. The number of carbonyl (C=O) groups is 2. The van der Waals surface area contributed by atoms with E-state index < -0.39 is 5.97 Å². The molecule has 4 nitrogen and oxygen atoms in total. The van der Waals surface area contributed by atoms with Gasteiger partial charge >= 0.3 is 11.9 Å². The summed E-state index contributed by atoms with van der Waals surface area (Å²) >= 11 is 0. The molecular formula is C13H22O4. The van der Waals surface area contributed by atoms with Crippen molar-refractivity contribution in [1.82, 2.24) is 0 Å². The van der Waals surface area contributed by atoms with Gasteiger partial charge in [0.2, 0.25) is 0 Å². The second-order valence-corrected chi connectivity index (χ2v) is 5.00. The third-order valence-corrected chi connectivity index (χ3v) is 3.80. The van der Waals surface area contributed by atoms with Crippen LogP contribution in [0, 0.1) is 17.3 Å². The van der Waals surface area contributed by atoms with Crippen LogP contribution in [0.3, 0.4) is 0 Å². The van der Waals surface area contributed by atoms with Gasteiger partial charge in [-0.3, -0.25) is 9.59 Å². The molecule has 0 aliphatic heterocycles. The van der Waals surface area contributed by atoms with E-state index in [4.69, 9.17) is 5.11 Å². The second-order valence-electron chi connectivity index (χ2n) is 5.00. The number of hydrogen-bond acceptors (Lipinski definition) is 3. The van der Waals surface area contributed by atoms with E-state index in [9.17, 15) is 9.59 Å². The first-order valence-corrected chi connectivity index (χ1v) is 6.34. The summed E-state index contributed by atoms with van der Waals surface area (Å²) in [5, 5.41) is 8.61. The Morgan fingerprint density at radius 3 is 2.18 bits per heavy atom. The van der Waals surface area contributed by atoms with E-state index in [1.165, 1.54) is 7.11 Å². The molecule has 2 saturated carbocycles. The maximum absolute atomic E-state index is 11.2. The van der Waals surface area contributed by atoms with E-state index in [0.717, 1.165) is 25.7 Å². The van der Waals surface area contributed by atoms with Gasteiger partial charge in [0.25, 0.3) is 0 Å². The topological polar surface area (TPSA) is 63.6 Å². The van der Waals surface area contributed by atoms with Gasteiger partial charge in [0, 0.05) is 6.42 Å². The number of rotatable bonds is 3. The summed E-state index contributed by atoms with van der Waals surface area (Å²) in [5.74, 6) is -0.414. The summed E-state index contributed by atoms with van der Waals surface area (Å²) < 4.78 is 4.67. The Kier molecular flexibility index (Phi) is 4.54. The molecule has 0 heterocycles. The number of methoxy groups -OCH3 is 1. The summed E-state index contributed by atoms with van der Waals surface area (Å²) in [5.41, 5.74) is 0.291. The van der Waals surface area contributed by atoms with Crippen LogP contribution in [0.25, 0.3) is 0 Å². The molecule has 0 aromatic heterocycles. The highest BCUT2D eigenvalue weighted by Crippen LogP contribution is 2.62. The van der Waals surface area contributed by atoms with Crippen molar-refractivity contribution in [3.8, 4) is 0 Å². The third-order valence-electron chi connectivity index (χ3n) is 3.80. The van der Waals surface area contributed by atoms with Crippen molar-refractivity contribution in [2.75, 3.05) is 7.11 Å². The van der Waals surface area contributed by atoms with E-state index in [-0.39, 0.29) is 18.3 Å². The van der Waals surface area contributed by atoms with Gasteiger partial charge in [0.1, 0.15) is 0 Å². The number of aliphatic carboxylic acids is 1. The van der Waals surface area contributed by atoms with Gasteiger partial charge in [0.05, 0.1) is 13.0 Å². The monoisotopic (exact) mass is 242 g/mol. The van der Waals surface area contributed by atoms with Gasteiger partial charge in [-0.2, -0.15) is 0 Å². The Bertz CT molecular complexity index is 284. The molecule has 17 heavy (non-hydrogen) atoms. The number of esters is 1. The highest BCUT2D eigenvalue weighted by Gasteiger charge is 2.55. The Balaban J connectivity index is 0.000000686.